The van der Waals surface area contributed by atoms with Crippen LogP contribution < -0.4 is 0 Å². The molecule has 6 heteroatoms. The first-order valence-electron chi connectivity index (χ1n) is 32.6. The van der Waals surface area contributed by atoms with Gasteiger partial charge < -0.3 is 14.2 Å². The molecule has 1 unspecified atom stereocenters. The molecule has 76 heavy (non-hydrogen) atoms. The highest BCUT2D eigenvalue weighted by molar-refractivity contribution is 5.71. The maximum absolute atomic E-state index is 12.9. The summed E-state index contributed by atoms with van der Waals surface area (Å²) >= 11 is 0. The molecule has 0 aliphatic heterocycles. The van der Waals surface area contributed by atoms with Crippen molar-refractivity contribution in [3.63, 3.8) is 0 Å². The van der Waals surface area contributed by atoms with E-state index in [1.54, 1.807) is 0 Å². The fraction of sp³-hybridized carbons (Fsp3) is 0.757. The highest BCUT2D eigenvalue weighted by atomic mass is 16.6. The summed E-state index contributed by atoms with van der Waals surface area (Å²) < 4.78 is 16.9. The molecule has 0 aromatic carbocycles. The van der Waals surface area contributed by atoms with E-state index in [2.05, 4.69) is 106 Å². The molecule has 0 rings (SSSR count). The smallest absolute Gasteiger partial charge is 0.306 e. The minimum absolute atomic E-state index is 0.0968. The minimum atomic E-state index is -0.806. The lowest BCUT2D eigenvalue weighted by atomic mass is 10.0. The predicted octanol–water partition coefficient (Wildman–Crippen LogP) is 22.3. The summed E-state index contributed by atoms with van der Waals surface area (Å²) in [5.41, 5.74) is 0. The Hall–Kier alpha value is -3.41. The first-order valence-corrected chi connectivity index (χ1v) is 32.6. The van der Waals surface area contributed by atoms with Gasteiger partial charge in [0.25, 0.3) is 0 Å². The van der Waals surface area contributed by atoms with Gasteiger partial charge in [0.15, 0.2) is 6.10 Å². The standard InChI is InChI=1S/C70H122O6/c1-4-7-10-13-16-19-22-25-28-29-30-31-32-33-34-35-36-37-38-39-40-43-45-48-51-54-57-60-63-69(72)75-66-67(76-70(73)64-61-58-55-52-49-46-42-27-24-21-18-15-12-9-6-3)65-74-68(71)62-59-56-53-50-47-44-41-26-23-20-17-14-11-8-5-2/h8-9,11-12,17-18,20-21,26-27,41-42,49,52,67H,4-7,10,13-16,19,22-25,28-40,43-48,50-51,53-66H2,1-3H3/b11-8-,12-9-,20-17-,21-18-,41-26-,42-27-,52-49-. The Bertz CT molecular complexity index is 1450. The molecule has 0 aromatic heterocycles. The van der Waals surface area contributed by atoms with Gasteiger partial charge in [-0.05, 0) is 89.9 Å². The van der Waals surface area contributed by atoms with Gasteiger partial charge in [0.2, 0.25) is 0 Å². The molecule has 0 aliphatic rings. The number of carbonyl (C=O) groups excluding carboxylic acids is 3. The molecule has 0 fully saturated rings. The van der Waals surface area contributed by atoms with E-state index in [4.69, 9.17) is 14.2 Å². The van der Waals surface area contributed by atoms with Gasteiger partial charge in [-0.2, -0.15) is 0 Å². The van der Waals surface area contributed by atoms with Gasteiger partial charge in [0, 0.05) is 19.3 Å². The quantitative estimate of drug-likeness (QED) is 0.0261. The zero-order chi connectivity index (χ0) is 55.0. The van der Waals surface area contributed by atoms with Gasteiger partial charge in [0.05, 0.1) is 0 Å². The van der Waals surface area contributed by atoms with E-state index in [0.29, 0.717) is 19.3 Å². The maximum Gasteiger partial charge on any atom is 0.306 e. The van der Waals surface area contributed by atoms with E-state index in [0.717, 1.165) is 116 Å². The summed E-state index contributed by atoms with van der Waals surface area (Å²) in [6, 6.07) is 0. The summed E-state index contributed by atoms with van der Waals surface area (Å²) in [5, 5.41) is 0. The molecule has 0 saturated heterocycles. The molecule has 0 bridgehead atoms. The Morgan fingerprint density at radius 1 is 0.276 bits per heavy atom. The average molecular weight is 1060 g/mol. The Balaban J connectivity index is 4.25. The van der Waals surface area contributed by atoms with Gasteiger partial charge in [0.1, 0.15) is 13.2 Å². The van der Waals surface area contributed by atoms with Crippen molar-refractivity contribution in [1.29, 1.82) is 0 Å². The van der Waals surface area contributed by atoms with Crippen LogP contribution in [0, 0.1) is 0 Å². The SMILES string of the molecule is CC/C=C\C/C=C\C/C=C\C/C=C\CCCCC(=O)OC(COC(=O)CCCCCCC/C=C\C/C=C\C/C=C\CC)COC(=O)CCCCCCCCCCCCCCCCCCCCCCCCCCCCCC. The number of hydrogen-bond donors (Lipinski definition) is 0. The second-order valence-electron chi connectivity index (χ2n) is 21.6. The molecule has 0 spiro atoms. The number of allylic oxidation sites excluding steroid dienone is 14. The Kier molecular flexibility index (Phi) is 61.2. The molecule has 438 valence electrons. The van der Waals surface area contributed by atoms with Crippen LogP contribution in [-0.4, -0.2) is 37.2 Å². The number of unbranched alkanes of at least 4 members (excludes halogenated alkanes) is 34. The van der Waals surface area contributed by atoms with Crippen molar-refractivity contribution < 1.29 is 28.6 Å². The monoisotopic (exact) mass is 1060 g/mol. The molecular weight excluding hydrogens is 937 g/mol. The Morgan fingerprint density at radius 2 is 0.513 bits per heavy atom. The van der Waals surface area contributed by atoms with Gasteiger partial charge in [-0.3, -0.25) is 14.4 Å². The van der Waals surface area contributed by atoms with Gasteiger partial charge in [-0.15, -0.1) is 0 Å². The lowest BCUT2D eigenvalue weighted by molar-refractivity contribution is -0.167. The second kappa shape index (κ2) is 64.1. The highest BCUT2D eigenvalue weighted by Crippen LogP contribution is 2.17. The fourth-order valence-corrected chi connectivity index (χ4v) is 9.33. The molecule has 1 atom stereocenters. The summed E-state index contributed by atoms with van der Waals surface area (Å²) in [7, 11) is 0. The zero-order valence-electron chi connectivity index (χ0n) is 50.3. The van der Waals surface area contributed by atoms with Crippen molar-refractivity contribution >= 4 is 17.9 Å². The number of rotatable bonds is 59. The third-order valence-corrected chi connectivity index (χ3v) is 14.1. The van der Waals surface area contributed by atoms with Gasteiger partial charge >= 0.3 is 17.9 Å². The van der Waals surface area contributed by atoms with Crippen molar-refractivity contribution in [3.8, 4) is 0 Å². The molecule has 0 amide bonds. The molecule has 0 saturated carbocycles. The van der Waals surface area contributed by atoms with Crippen LogP contribution in [0.5, 0.6) is 0 Å². The fourth-order valence-electron chi connectivity index (χ4n) is 9.33. The minimum Gasteiger partial charge on any atom is -0.462 e. The van der Waals surface area contributed by atoms with Crippen LogP contribution in [0.3, 0.4) is 0 Å². The van der Waals surface area contributed by atoms with Crippen molar-refractivity contribution in [2.24, 2.45) is 0 Å². The Labute approximate surface area is 471 Å². The first kappa shape index (κ1) is 72.6. The van der Waals surface area contributed by atoms with Crippen LogP contribution in [0.4, 0.5) is 0 Å². The van der Waals surface area contributed by atoms with Crippen molar-refractivity contribution in [3.05, 3.63) is 85.1 Å². The van der Waals surface area contributed by atoms with Crippen LogP contribution in [-0.2, 0) is 28.6 Å². The largest absolute Gasteiger partial charge is 0.462 e. The number of hydrogen-bond acceptors (Lipinski definition) is 6. The van der Waals surface area contributed by atoms with Crippen molar-refractivity contribution in [2.75, 3.05) is 13.2 Å². The molecule has 0 radical (unpaired) electrons. The molecule has 0 heterocycles. The van der Waals surface area contributed by atoms with E-state index in [1.807, 2.05) is 0 Å². The summed E-state index contributed by atoms with van der Waals surface area (Å²) in [6.45, 7) is 6.40. The average Bonchev–Trinajstić information content (AvgIpc) is 3.42. The summed E-state index contributed by atoms with van der Waals surface area (Å²) in [5.74, 6) is -0.945. The van der Waals surface area contributed by atoms with Crippen LogP contribution >= 0.6 is 0 Å². The number of ether oxygens (including phenoxy) is 3. The normalized spacial score (nSPS) is 12.6. The first-order chi connectivity index (χ1) is 37.5. The lowest BCUT2D eigenvalue weighted by Gasteiger charge is -2.18. The van der Waals surface area contributed by atoms with Crippen molar-refractivity contribution in [2.45, 2.75) is 329 Å². The molecular formula is C70H122O6. The van der Waals surface area contributed by atoms with E-state index < -0.39 is 6.10 Å². The predicted molar refractivity (Wildman–Crippen MR) is 330 cm³/mol. The number of carbonyl (C=O) groups is 3. The zero-order valence-corrected chi connectivity index (χ0v) is 50.3. The van der Waals surface area contributed by atoms with Crippen LogP contribution in [0.15, 0.2) is 85.1 Å². The van der Waals surface area contributed by atoms with E-state index in [-0.39, 0.29) is 37.5 Å². The summed E-state index contributed by atoms with van der Waals surface area (Å²) in [6.07, 6.45) is 84.8. The van der Waals surface area contributed by atoms with Gasteiger partial charge in [-0.1, -0.05) is 298 Å². The van der Waals surface area contributed by atoms with Crippen LogP contribution in [0.25, 0.3) is 0 Å². The van der Waals surface area contributed by atoms with E-state index in [9.17, 15) is 14.4 Å². The highest BCUT2D eigenvalue weighted by Gasteiger charge is 2.19. The van der Waals surface area contributed by atoms with E-state index >= 15 is 0 Å². The van der Waals surface area contributed by atoms with Crippen molar-refractivity contribution in [1.82, 2.24) is 0 Å². The Morgan fingerprint density at radius 3 is 0.829 bits per heavy atom. The molecule has 6 nitrogen and oxygen atoms in total. The topological polar surface area (TPSA) is 78.9 Å². The summed E-state index contributed by atoms with van der Waals surface area (Å²) in [4.78, 5) is 38.3. The van der Waals surface area contributed by atoms with Gasteiger partial charge in [-0.25, -0.2) is 0 Å². The molecule has 0 N–H and O–H groups in total. The molecule has 0 aliphatic carbocycles. The van der Waals surface area contributed by atoms with Crippen LogP contribution in [0.1, 0.15) is 323 Å². The third-order valence-electron chi connectivity index (χ3n) is 14.1. The number of esters is 3. The van der Waals surface area contributed by atoms with Crippen LogP contribution in [0.2, 0.25) is 0 Å². The maximum atomic E-state index is 12.9. The third kappa shape index (κ3) is 61.4. The van der Waals surface area contributed by atoms with E-state index in [1.165, 1.54) is 161 Å². The second-order valence-corrected chi connectivity index (χ2v) is 21.6. The lowest BCUT2D eigenvalue weighted by Crippen LogP contribution is -2.30. The molecule has 0 aromatic rings.